The second-order valence-corrected chi connectivity index (χ2v) is 3.67. The first-order valence-electron chi connectivity index (χ1n) is 2.03. The highest BCUT2D eigenvalue weighted by atomic mass is 127. The van der Waals surface area contributed by atoms with Gasteiger partial charge in [-0.2, -0.15) is 0 Å². The van der Waals surface area contributed by atoms with Crippen LogP contribution in [0.15, 0.2) is 6.20 Å². The fraction of sp³-hybridized carbons (Fsp3) is 0. The van der Waals surface area contributed by atoms with Crippen molar-refractivity contribution in [3.63, 3.8) is 0 Å². The Bertz CT molecular complexity index is 228. The highest BCUT2D eigenvalue weighted by molar-refractivity contribution is 14.1. The molecule has 0 atom stereocenters. The van der Waals surface area contributed by atoms with Crippen molar-refractivity contribution < 1.29 is 0 Å². The lowest BCUT2D eigenvalue weighted by atomic mass is 10.7. The van der Waals surface area contributed by atoms with Gasteiger partial charge >= 0.3 is 0 Å². The van der Waals surface area contributed by atoms with Crippen molar-refractivity contribution in [1.29, 1.82) is 0 Å². The summed E-state index contributed by atoms with van der Waals surface area (Å²) in [6.07, 6.45) is 1.60. The van der Waals surface area contributed by atoms with Gasteiger partial charge < -0.3 is 0 Å². The Morgan fingerprint density at radius 3 is 2.56 bits per heavy atom. The highest BCUT2D eigenvalue weighted by Gasteiger charge is 1.97. The van der Waals surface area contributed by atoms with E-state index in [1.54, 1.807) is 6.20 Å². The zero-order valence-electron chi connectivity index (χ0n) is 4.11. The maximum absolute atomic E-state index is 5.64. The minimum Gasteiger partial charge on any atom is -0.230 e. The Morgan fingerprint density at radius 1 is 1.44 bits per heavy atom. The van der Waals surface area contributed by atoms with E-state index in [-0.39, 0.29) is 0 Å². The van der Waals surface area contributed by atoms with E-state index in [1.807, 2.05) is 22.6 Å². The van der Waals surface area contributed by atoms with Crippen LogP contribution in [-0.2, 0) is 0 Å². The van der Waals surface area contributed by atoms with E-state index >= 15 is 0 Å². The van der Waals surface area contributed by atoms with Gasteiger partial charge in [-0.1, -0.05) is 11.6 Å². The number of rotatable bonds is 0. The zero-order valence-corrected chi connectivity index (χ0v) is 9.18. The average molecular weight is 366 g/mol. The second kappa shape index (κ2) is 3.29. The van der Waals surface area contributed by atoms with E-state index in [2.05, 4.69) is 32.6 Å². The lowest BCUT2D eigenvalue weighted by Gasteiger charge is -1.91. The quantitative estimate of drug-likeness (QED) is 0.400. The number of nitrogens with zero attached hydrogens (tertiary/aromatic N) is 2. The molecule has 48 valence electrons. The minimum absolute atomic E-state index is 0.607. The van der Waals surface area contributed by atoms with Gasteiger partial charge in [-0.3, -0.25) is 0 Å². The second-order valence-electron chi connectivity index (χ2n) is 1.28. The molecular weight excluding hydrogens is 365 g/mol. The van der Waals surface area contributed by atoms with E-state index in [0.29, 0.717) is 5.02 Å². The fourth-order valence-corrected chi connectivity index (χ4v) is 1.63. The predicted octanol–water partition coefficient (Wildman–Crippen LogP) is 2.34. The van der Waals surface area contributed by atoms with Gasteiger partial charge in [-0.15, -0.1) is 0 Å². The summed E-state index contributed by atoms with van der Waals surface area (Å²) in [5.74, 6) is 0. The van der Waals surface area contributed by atoms with Gasteiger partial charge in [0, 0.05) is 22.6 Å². The molecule has 0 saturated heterocycles. The van der Waals surface area contributed by atoms with Crippen LogP contribution in [-0.4, -0.2) is 9.97 Å². The molecule has 0 fully saturated rings. The van der Waals surface area contributed by atoms with E-state index in [1.165, 1.54) is 0 Å². The van der Waals surface area contributed by atoms with Gasteiger partial charge in [0.2, 0.25) is 0 Å². The molecular formula is C4HClI2N2. The monoisotopic (exact) mass is 366 g/mol. The molecule has 1 rings (SSSR count). The summed E-state index contributed by atoms with van der Waals surface area (Å²) >= 11 is 9.74. The molecule has 0 radical (unpaired) electrons. The maximum Gasteiger partial charge on any atom is 0.191 e. The van der Waals surface area contributed by atoms with Crippen LogP contribution in [0.1, 0.15) is 0 Å². The lowest BCUT2D eigenvalue weighted by Crippen LogP contribution is -1.88. The van der Waals surface area contributed by atoms with Crippen LogP contribution in [0.4, 0.5) is 0 Å². The van der Waals surface area contributed by atoms with Crippen molar-refractivity contribution in [3.8, 4) is 0 Å². The summed E-state index contributed by atoms with van der Waals surface area (Å²) in [5.41, 5.74) is 0. The first kappa shape index (κ1) is 7.93. The Labute approximate surface area is 84.7 Å². The molecule has 9 heavy (non-hydrogen) atoms. The maximum atomic E-state index is 5.64. The van der Waals surface area contributed by atoms with Gasteiger partial charge in [0.1, 0.15) is 3.70 Å². The average Bonchev–Trinajstić information content (AvgIpc) is 1.80. The third-order valence-corrected chi connectivity index (χ3v) is 2.61. The Kier molecular flexibility index (Phi) is 2.90. The molecule has 5 heteroatoms. The molecule has 2 nitrogen and oxygen atoms in total. The molecule has 1 heterocycles. The zero-order chi connectivity index (χ0) is 6.85. The summed E-state index contributed by atoms with van der Waals surface area (Å²) < 4.78 is 1.52. The Balaban J connectivity index is 3.17. The highest BCUT2D eigenvalue weighted by Crippen LogP contribution is 2.14. The molecule has 0 aliphatic carbocycles. The summed E-state index contributed by atoms with van der Waals surface area (Å²) in [7, 11) is 0. The van der Waals surface area contributed by atoms with Crippen LogP contribution < -0.4 is 0 Å². The summed E-state index contributed by atoms with van der Waals surface area (Å²) in [6, 6.07) is 0. The normalized spacial score (nSPS) is 9.67. The third-order valence-electron chi connectivity index (χ3n) is 0.672. The fourth-order valence-electron chi connectivity index (χ4n) is 0.326. The number of hydrogen-bond donors (Lipinski definition) is 0. The van der Waals surface area contributed by atoms with Crippen LogP contribution in [0.2, 0.25) is 5.02 Å². The standard InChI is InChI=1S/C4HClI2N2/c5-2-1-8-4(7)9-3(2)6/h1H. The molecule has 1 aromatic rings. The largest absolute Gasteiger partial charge is 0.230 e. The Hall–Kier alpha value is 0.830. The van der Waals surface area contributed by atoms with Gasteiger partial charge in [0.25, 0.3) is 0 Å². The van der Waals surface area contributed by atoms with Crippen LogP contribution in [0.5, 0.6) is 0 Å². The third kappa shape index (κ3) is 2.15. The van der Waals surface area contributed by atoms with Crippen LogP contribution in [0, 0.1) is 7.53 Å². The number of aromatic nitrogens is 2. The predicted molar refractivity (Wildman–Crippen MR) is 52.5 cm³/mol. The molecule has 0 spiro atoms. The summed E-state index contributed by atoms with van der Waals surface area (Å²) in [6.45, 7) is 0. The van der Waals surface area contributed by atoms with Crippen molar-refractivity contribution in [2.75, 3.05) is 0 Å². The van der Waals surface area contributed by atoms with Crippen molar-refractivity contribution >= 4 is 56.8 Å². The first-order chi connectivity index (χ1) is 4.20. The molecule has 0 unspecified atom stereocenters. The van der Waals surface area contributed by atoms with Crippen molar-refractivity contribution in [2.24, 2.45) is 0 Å². The number of hydrogen-bond acceptors (Lipinski definition) is 2. The van der Waals surface area contributed by atoms with Crippen molar-refractivity contribution in [1.82, 2.24) is 9.97 Å². The van der Waals surface area contributed by atoms with E-state index in [0.717, 1.165) is 7.53 Å². The molecule has 0 N–H and O–H groups in total. The molecule has 0 amide bonds. The molecule has 0 aliphatic rings. The first-order valence-corrected chi connectivity index (χ1v) is 4.57. The van der Waals surface area contributed by atoms with Gasteiger partial charge in [0.15, 0.2) is 3.83 Å². The smallest absolute Gasteiger partial charge is 0.191 e. The molecule has 0 aliphatic heterocycles. The summed E-state index contributed by atoms with van der Waals surface area (Å²) in [4.78, 5) is 7.88. The Morgan fingerprint density at radius 2 is 2.11 bits per heavy atom. The van der Waals surface area contributed by atoms with Gasteiger partial charge in [-0.05, 0) is 22.6 Å². The topological polar surface area (TPSA) is 25.8 Å². The molecule has 0 bridgehead atoms. The van der Waals surface area contributed by atoms with Gasteiger partial charge in [0.05, 0.1) is 11.2 Å². The lowest BCUT2D eigenvalue weighted by molar-refractivity contribution is 1.08. The molecule has 1 aromatic heterocycles. The molecule has 0 saturated carbocycles. The minimum atomic E-state index is 0.607. The molecule has 0 aromatic carbocycles. The van der Waals surface area contributed by atoms with Crippen LogP contribution >= 0.6 is 56.8 Å². The van der Waals surface area contributed by atoms with Crippen molar-refractivity contribution in [3.05, 3.63) is 18.8 Å². The van der Waals surface area contributed by atoms with Crippen molar-refractivity contribution in [2.45, 2.75) is 0 Å². The SMILES string of the molecule is Clc1cnc(I)nc1I. The van der Waals surface area contributed by atoms with Crippen LogP contribution in [0.25, 0.3) is 0 Å². The van der Waals surface area contributed by atoms with E-state index in [4.69, 9.17) is 11.6 Å². The van der Waals surface area contributed by atoms with E-state index in [9.17, 15) is 0 Å². The van der Waals surface area contributed by atoms with E-state index < -0.39 is 0 Å². The van der Waals surface area contributed by atoms with Crippen LogP contribution in [0.3, 0.4) is 0 Å². The van der Waals surface area contributed by atoms with Gasteiger partial charge in [-0.25, -0.2) is 9.97 Å². The number of halogens is 3. The summed E-state index contributed by atoms with van der Waals surface area (Å²) in [5, 5.41) is 0.607.